The van der Waals surface area contributed by atoms with Gasteiger partial charge in [0.05, 0.1) is 5.92 Å². The SMILES string of the molecule is CC(C)N1C[C@H](C(=O)N2CCN(c3ccc4nccn4n3)CC2)CCC1=O. The lowest BCUT2D eigenvalue weighted by atomic mass is 9.94. The fraction of sp³-hybridized carbons (Fsp3) is 0.579. The van der Waals surface area contributed by atoms with E-state index in [4.69, 9.17) is 0 Å². The van der Waals surface area contributed by atoms with Crippen molar-refractivity contribution in [3.05, 3.63) is 24.5 Å². The zero-order valence-electron chi connectivity index (χ0n) is 15.9. The van der Waals surface area contributed by atoms with Crippen LogP contribution in [0.4, 0.5) is 5.82 Å². The Morgan fingerprint density at radius 1 is 1.19 bits per heavy atom. The van der Waals surface area contributed by atoms with Gasteiger partial charge in [-0.25, -0.2) is 9.50 Å². The second-order valence-electron chi connectivity index (χ2n) is 7.61. The van der Waals surface area contributed by atoms with Crippen molar-refractivity contribution in [2.24, 2.45) is 5.92 Å². The first kappa shape index (κ1) is 17.8. The fourth-order valence-electron chi connectivity index (χ4n) is 3.96. The molecule has 2 aliphatic heterocycles. The lowest BCUT2D eigenvalue weighted by Crippen LogP contribution is -2.54. The number of carbonyl (C=O) groups is 2. The Bertz CT molecular complexity index is 840. The van der Waals surface area contributed by atoms with E-state index in [9.17, 15) is 9.59 Å². The lowest BCUT2D eigenvalue weighted by Gasteiger charge is -2.40. The molecule has 27 heavy (non-hydrogen) atoms. The summed E-state index contributed by atoms with van der Waals surface area (Å²) in [6.07, 6.45) is 4.71. The highest BCUT2D eigenvalue weighted by Crippen LogP contribution is 2.23. The van der Waals surface area contributed by atoms with E-state index in [1.54, 1.807) is 10.7 Å². The third-order valence-corrected chi connectivity index (χ3v) is 5.57. The Labute approximate surface area is 158 Å². The summed E-state index contributed by atoms with van der Waals surface area (Å²) in [5, 5.41) is 4.59. The van der Waals surface area contributed by atoms with Gasteiger partial charge < -0.3 is 14.7 Å². The van der Waals surface area contributed by atoms with Gasteiger partial charge in [-0.3, -0.25) is 9.59 Å². The van der Waals surface area contributed by atoms with Gasteiger partial charge in [0.2, 0.25) is 11.8 Å². The molecule has 0 bridgehead atoms. The van der Waals surface area contributed by atoms with Crippen molar-refractivity contribution in [3.8, 4) is 0 Å². The molecule has 4 rings (SSSR count). The minimum atomic E-state index is -0.0722. The second-order valence-corrected chi connectivity index (χ2v) is 7.61. The number of hydrogen-bond acceptors (Lipinski definition) is 5. The zero-order chi connectivity index (χ0) is 19.0. The van der Waals surface area contributed by atoms with Crippen LogP contribution in [0.1, 0.15) is 26.7 Å². The van der Waals surface area contributed by atoms with Crippen LogP contribution in [-0.2, 0) is 9.59 Å². The van der Waals surface area contributed by atoms with E-state index in [2.05, 4.69) is 15.0 Å². The molecule has 4 heterocycles. The number of likely N-dealkylation sites (tertiary alicyclic amines) is 1. The van der Waals surface area contributed by atoms with Crippen molar-refractivity contribution in [2.75, 3.05) is 37.6 Å². The third kappa shape index (κ3) is 3.48. The summed E-state index contributed by atoms with van der Waals surface area (Å²) in [6, 6.07) is 4.08. The standard InChI is InChI=1S/C19H26N6O2/c1-14(2)24-13-15(3-6-18(24)26)19(27)23-11-9-22(10-12-23)17-5-4-16-20-7-8-25(16)21-17/h4-5,7-8,14-15H,3,6,9-13H2,1-2H3/t15-/m1/s1. The Kier molecular flexibility index (Phi) is 4.72. The number of piperidine rings is 1. The number of rotatable bonds is 3. The first-order valence-electron chi connectivity index (χ1n) is 9.66. The van der Waals surface area contributed by atoms with E-state index >= 15 is 0 Å². The molecule has 2 saturated heterocycles. The van der Waals surface area contributed by atoms with Crippen molar-refractivity contribution in [1.82, 2.24) is 24.4 Å². The minimum Gasteiger partial charge on any atom is -0.352 e. The first-order chi connectivity index (χ1) is 13.0. The van der Waals surface area contributed by atoms with E-state index in [0.29, 0.717) is 32.5 Å². The summed E-state index contributed by atoms with van der Waals surface area (Å²) in [5.74, 6) is 1.18. The number of hydrogen-bond donors (Lipinski definition) is 0. The molecule has 1 atom stereocenters. The molecule has 2 aromatic rings. The topological polar surface area (TPSA) is 74.1 Å². The van der Waals surface area contributed by atoms with Crippen LogP contribution in [0.25, 0.3) is 5.65 Å². The van der Waals surface area contributed by atoms with Crippen molar-refractivity contribution in [2.45, 2.75) is 32.7 Å². The molecule has 2 amide bonds. The molecule has 8 heteroatoms. The number of amides is 2. The van der Waals surface area contributed by atoms with Crippen LogP contribution >= 0.6 is 0 Å². The number of aromatic nitrogens is 3. The molecule has 2 aromatic heterocycles. The number of imidazole rings is 1. The Balaban J connectivity index is 1.37. The lowest BCUT2D eigenvalue weighted by molar-refractivity contribution is -0.144. The fourth-order valence-corrected chi connectivity index (χ4v) is 3.96. The highest BCUT2D eigenvalue weighted by molar-refractivity contribution is 5.84. The van der Waals surface area contributed by atoms with Gasteiger partial charge in [0.25, 0.3) is 0 Å². The molecule has 0 aliphatic carbocycles. The molecule has 0 spiro atoms. The predicted molar refractivity (Wildman–Crippen MR) is 101 cm³/mol. The smallest absolute Gasteiger partial charge is 0.227 e. The molecule has 0 saturated carbocycles. The van der Waals surface area contributed by atoms with Gasteiger partial charge in [-0.1, -0.05) is 0 Å². The highest BCUT2D eigenvalue weighted by Gasteiger charge is 2.34. The average Bonchev–Trinajstić information content (AvgIpc) is 3.15. The number of carbonyl (C=O) groups excluding carboxylic acids is 2. The van der Waals surface area contributed by atoms with E-state index in [1.807, 2.05) is 42.0 Å². The average molecular weight is 370 g/mol. The number of fused-ring (bicyclic) bond motifs is 1. The predicted octanol–water partition coefficient (Wildman–Crippen LogP) is 1.02. The summed E-state index contributed by atoms with van der Waals surface area (Å²) < 4.78 is 1.77. The van der Waals surface area contributed by atoms with Gasteiger partial charge in [-0.2, -0.15) is 0 Å². The van der Waals surface area contributed by atoms with Crippen molar-refractivity contribution < 1.29 is 9.59 Å². The number of anilines is 1. The monoisotopic (exact) mass is 370 g/mol. The molecule has 144 valence electrons. The summed E-state index contributed by atoms with van der Waals surface area (Å²) >= 11 is 0. The summed E-state index contributed by atoms with van der Waals surface area (Å²) in [4.78, 5) is 35.2. The van der Waals surface area contributed by atoms with Gasteiger partial charge in [-0.15, -0.1) is 5.10 Å². The molecule has 2 aliphatic rings. The maximum Gasteiger partial charge on any atom is 0.227 e. The van der Waals surface area contributed by atoms with Crippen LogP contribution < -0.4 is 4.90 Å². The quantitative estimate of drug-likeness (QED) is 0.807. The van der Waals surface area contributed by atoms with Crippen LogP contribution in [0.15, 0.2) is 24.5 Å². The highest BCUT2D eigenvalue weighted by atomic mass is 16.2. The molecule has 0 unspecified atom stereocenters. The molecule has 8 nitrogen and oxygen atoms in total. The second kappa shape index (κ2) is 7.17. The van der Waals surface area contributed by atoms with Gasteiger partial charge in [0.15, 0.2) is 5.65 Å². The maximum atomic E-state index is 13.0. The third-order valence-electron chi connectivity index (χ3n) is 5.57. The molecule has 2 fully saturated rings. The number of piperazine rings is 1. The molecule has 0 radical (unpaired) electrons. The van der Waals surface area contributed by atoms with E-state index in [0.717, 1.165) is 24.6 Å². The van der Waals surface area contributed by atoms with E-state index in [-0.39, 0.29) is 23.8 Å². The Morgan fingerprint density at radius 2 is 1.96 bits per heavy atom. The van der Waals surface area contributed by atoms with Gasteiger partial charge in [-0.05, 0) is 32.4 Å². The Hall–Kier alpha value is -2.64. The maximum absolute atomic E-state index is 13.0. The van der Waals surface area contributed by atoms with Gasteiger partial charge in [0.1, 0.15) is 5.82 Å². The summed E-state index contributed by atoms with van der Waals surface area (Å²) in [7, 11) is 0. The van der Waals surface area contributed by atoms with Crippen LogP contribution in [0, 0.1) is 5.92 Å². The van der Waals surface area contributed by atoms with Gasteiger partial charge >= 0.3 is 0 Å². The summed E-state index contributed by atoms with van der Waals surface area (Å²) in [6.45, 7) is 7.47. The van der Waals surface area contributed by atoms with Crippen LogP contribution in [0.2, 0.25) is 0 Å². The molecule has 0 N–H and O–H groups in total. The molecular formula is C19H26N6O2. The minimum absolute atomic E-state index is 0.0722. The normalized spacial score (nSPS) is 21.4. The zero-order valence-corrected chi connectivity index (χ0v) is 15.9. The van der Waals surface area contributed by atoms with E-state index < -0.39 is 0 Å². The molecular weight excluding hydrogens is 344 g/mol. The van der Waals surface area contributed by atoms with Crippen molar-refractivity contribution in [1.29, 1.82) is 0 Å². The largest absolute Gasteiger partial charge is 0.352 e. The van der Waals surface area contributed by atoms with Crippen LogP contribution in [-0.4, -0.2) is 75.0 Å². The summed E-state index contributed by atoms with van der Waals surface area (Å²) in [5.41, 5.74) is 0.828. The van der Waals surface area contributed by atoms with E-state index in [1.165, 1.54) is 0 Å². The van der Waals surface area contributed by atoms with Crippen LogP contribution in [0.5, 0.6) is 0 Å². The van der Waals surface area contributed by atoms with Gasteiger partial charge in [0, 0.05) is 57.6 Å². The first-order valence-corrected chi connectivity index (χ1v) is 9.66. The van der Waals surface area contributed by atoms with Crippen molar-refractivity contribution in [3.63, 3.8) is 0 Å². The Morgan fingerprint density at radius 3 is 2.70 bits per heavy atom. The molecule has 0 aromatic carbocycles. The number of nitrogens with zero attached hydrogens (tertiary/aromatic N) is 6. The van der Waals surface area contributed by atoms with Crippen molar-refractivity contribution >= 4 is 23.3 Å². The van der Waals surface area contributed by atoms with Crippen LogP contribution in [0.3, 0.4) is 0 Å².